The van der Waals surface area contributed by atoms with Crippen LogP contribution in [0.5, 0.6) is 0 Å². The molecule has 3 heteroatoms. The molecular weight excluding hydrogens is 631 g/mol. The first-order chi connectivity index (χ1) is 19.4. The van der Waals surface area contributed by atoms with E-state index in [1.54, 1.807) is 6.49 Å². The summed E-state index contributed by atoms with van der Waals surface area (Å²) < 4.78 is 3.66. The van der Waals surface area contributed by atoms with Gasteiger partial charge in [-0.2, -0.15) is 0 Å². The summed E-state index contributed by atoms with van der Waals surface area (Å²) in [6.07, 6.45) is 8.94. The van der Waals surface area contributed by atoms with Crippen molar-refractivity contribution in [3.05, 3.63) is 164 Å². The van der Waals surface area contributed by atoms with Crippen LogP contribution in [-0.4, -0.2) is 3.21 Å². The summed E-state index contributed by atoms with van der Waals surface area (Å²) in [4.78, 5) is 0. The van der Waals surface area contributed by atoms with Crippen molar-refractivity contribution in [3.8, 4) is 11.1 Å². The summed E-state index contributed by atoms with van der Waals surface area (Å²) >= 11 is -2.74. The average molecular weight is 667 g/mol. The fourth-order valence-electron chi connectivity index (χ4n) is 6.46. The van der Waals surface area contributed by atoms with Crippen molar-refractivity contribution in [1.82, 2.24) is 0 Å². The molecule has 4 aromatic carbocycles. The van der Waals surface area contributed by atoms with Crippen LogP contribution in [-0.2, 0) is 21.3 Å². The summed E-state index contributed by atoms with van der Waals surface area (Å²) in [6, 6.07) is 32.6. The fraction of sp³-hybridized carbons (Fsp3) is 0.154. The van der Waals surface area contributed by atoms with Gasteiger partial charge in [-0.15, -0.1) is 0 Å². The number of hydrogen-bond donors (Lipinski definition) is 0. The predicted octanol–water partition coefficient (Wildman–Crippen LogP) is 4.03. The van der Waals surface area contributed by atoms with Crippen LogP contribution in [0.3, 0.4) is 0 Å². The molecule has 210 valence electrons. The first kappa shape index (κ1) is 32.1. The van der Waals surface area contributed by atoms with Gasteiger partial charge in [-0.05, 0) is 0 Å². The van der Waals surface area contributed by atoms with E-state index in [2.05, 4.69) is 138 Å². The van der Waals surface area contributed by atoms with Gasteiger partial charge >= 0.3 is 249 Å². The number of halogens is 2. The average Bonchev–Trinajstić information content (AvgIpc) is 3.47. The molecule has 0 spiro atoms. The van der Waals surface area contributed by atoms with Gasteiger partial charge in [-0.25, -0.2) is 0 Å². The van der Waals surface area contributed by atoms with Gasteiger partial charge in [0.25, 0.3) is 0 Å². The Morgan fingerprint density at radius 2 is 1.12 bits per heavy atom. The van der Waals surface area contributed by atoms with Gasteiger partial charge in [0.15, 0.2) is 0 Å². The number of fused-ring (bicyclic) bond motifs is 3. The molecule has 1 unspecified atom stereocenters. The minimum Gasteiger partial charge on any atom is -1.00 e. The Morgan fingerprint density at radius 1 is 0.667 bits per heavy atom. The van der Waals surface area contributed by atoms with Crippen LogP contribution in [0.2, 0.25) is 0 Å². The van der Waals surface area contributed by atoms with Crippen LogP contribution < -0.4 is 24.8 Å². The molecule has 0 aromatic heterocycles. The summed E-state index contributed by atoms with van der Waals surface area (Å²) in [6.45, 7) is 17.2. The van der Waals surface area contributed by atoms with Crippen LogP contribution in [0.25, 0.3) is 23.3 Å². The Labute approximate surface area is 271 Å². The number of benzene rings is 4. The van der Waals surface area contributed by atoms with E-state index in [4.69, 9.17) is 0 Å². The third-order valence-electron chi connectivity index (χ3n) is 8.47. The smallest absolute Gasteiger partial charge is 1.00 e. The van der Waals surface area contributed by atoms with Gasteiger partial charge in [-0.1, -0.05) is 0 Å². The molecule has 0 fully saturated rings. The molecule has 1 atom stereocenters. The van der Waals surface area contributed by atoms with Gasteiger partial charge in [0, 0.05) is 0 Å². The number of rotatable bonds is 6. The van der Waals surface area contributed by atoms with Crippen molar-refractivity contribution < 1.29 is 46.1 Å². The van der Waals surface area contributed by atoms with Crippen molar-refractivity contribution in [2.24, 2.45) is 5.92 Å². The molecule has 2 aliphatic carbocycles. The third-order valence-corrected chi connectivity index (χ3v) is 17.2. The molecule has 0 saturated carbocycles. The standard InChI is InChI=1S/C17H13.C15H14.C7H9.2ClH.Zr/c1-3-12-5-7-14-11-15-8-6-13(4-2)10-17(15)16(14)9-12;1-12-3-7-14(8-4-12)11-15-9-5-13(2)6-10-15;1-6-3-4-7(2)5-6;;;/h3-11H,1-2H2;3-10H,1-2H3;3,5,7H,1-2H3;2*1H;/q;;;;;+2/p-2. The van der Waals surface area contributed by atoms with E-state index in [9.17, 15) is 0 Å². The number of allylic oxidation sites excluding steroid dienone is 4. The van der Waals surface area contributed by atoms with Crippen LogP contribution in [0.15, 0.2) is 119 Å². The molecular formula is C39H36Cl2Zr. The van der Waals surface area contributed by atoms with Crippen molar-refractivity contribution in [2.45, 2.75) is 31.3 Å². The Hall–Kier alpha value is -2.83. The molecule has 4 aromatic rings. The molecule has 0 saturated heterocycles. The monoisotopic (exact) mass is 664 g/mol. The summed E-state index contributed by atoms with van der Waals surface area (Å²) in [5.41, 5.74) is 14.8. The largest absolute Gasteiger partial charge is 1.00 e. The van der Waals surface area contributed by atoms with E-state index in [0.717, 1.165) is 0 Å². The van der Waals surface area contributed by atoms with Crippen LogP contribution in [0, 0.1) is 19.8 Å². The zero-order valence-corrected chi connectivity index (χ0v) is 28.7. The minimum absolute atomic E-state index is 0. The van der Waals surface area contributed by atoms with Gasteiger partial charge in [0.1, 0.15) is 0 Å². The van der Waals surface area contributed by atoms with Crippen LogP contribution in [0.4, 0.5) is 0 Å². The number of hydrogen-bond acceptors (Lipinski definition) is 0. The Balaban J connectivity index is 0.00000202. The van der Waals surface area contributed by atoms with Crippen molar-refractivity contribution in [2.75, 3.05) is 0 Å². The zero-order valence-electron chi connectivity index (χ0n) is 24.7. The van der Waals surface area contributed by atoms with E-state index in [0.29, 0.717) is 9.54 Å². The van der Waals surface area contributed by atoms with E-state index >= 15 is 0 Å². The second-order valence-corrected chi connectivity index (χ2v) is 17.5. The van der Waals surface area contributed by atoms with Gasteiger partial charge in [0.2, 0.25) is 0 Å². The Bertz CT molecular complexity index is 1650. The molecule has 0 aliphatic heterocycles. The maximum Gasteiger partial charge on any atom is -1.00 e. The van der Waals surface area contributed by atoms with Gasteiger partial charge < -0.3 is 24.8 Å². The zero-order chi connectivity index (χ0) is 28.0. The van der Waals surface area contributed by atoms with Crippen molar-refractivity contribution >= 4 is 15.4 Å². The fourth-order valence-corrected chi connectivity index (χ4v) is 16.2. The normalized spacial score (nSPS) is 14.7. The first-order valence-electron chi connectivity index (χ1n) is 14.2. The van der Waals surface area contributed by atoms with Crippen molar-refractivity contribution in [3.63, 3.8) is 0 Å². The molecule has 0 nitrogen and oxygen atoms in total. The summed E-state index contributed by atoms with van der Waals surface area (Å²) in [5, 5.41) is 0. The quantitative estimate of drug-likeness (QED) is 0.292. The van der Waals surface area contributed by atoms with Crippen molar-refractivity contribution in [1.29, 1.82) is 0 Å². The van der Waals surface area contributed by atoms with Crippen LogP contribution >= 0.6 is 0 Å². The molecule has 0 heterocycles. The van der Waals surface area contributed by atoms with E-state index in [1.807, 2.05) is 12.2 Å². The summed E-state index contributed by atoms with van der Waals surface area (Å²) in [5.74, 6) is 0.452. The molecule has 0 N–H and O–H groups in total. The molecule has 0 bridgehead atoms. The second-order valence-electron chi connectivity index (χ2n) is 11.4. The Kier molecular flexibility index (Phi) is 10.1. The Morgan fingerprint density at radius 3 is 1.50 bits per heavy atom. The second kappa shape index (κ2) is 13.2. The molecule has 6 rings (SSSR count). The summed E-state index contributed by atoms with van der Waals surface area (Å²) in [7, 11) is 0. The van der Waals surface area contributed by atoms with E-state index in [-0.39, 0.29) is 24.8 Å². The van der Waals surface area contributed by atoms with Gasteiger partial charge in [-0.3, -0.25) is 0 Å². The first-order valence-corrected chi connectivity index (χ1v) is 18.1. The van der Waals surface area contributed by atoms with E-state index in [1.165, 1.54) is 61.2 Å². The molecule has 0 radical (unpaired) electrons. The van der Waals surface area contributed by atoms with Gasteiger partial charge in [0.05, 0.1) is 0 Å². The molecule has 42 heavy (non-hydrogen) atoms. The number of aryl methyl sites for hydroxylation is 2. The maximum atomic E-state index is 4.08. The SMILES string of the molecule is C=Cc1ccc2c(c1)-c1cc(C=C)ccc1[CH]2[Zr+2]([C]1=CC(C)=CC1C)=[C](c1ccc(C)cc1)c1ccc(C)cc1.[Cl-].[Cl-]. The minimum atomic E-state index is -2.74. The maximum absolute atomic E-state index is 4.08. The molecule has 2 aliphatic rings. The van der Waals surface area contributed by atoms with Crippen LogP contribution in [0.1, 0.15) is 62.0 Å². The van der Waals surface area contributed by atoms with E-state index < -0.39 is 21.3 Å². The third kappa shape index (κ3) is 5.85. The molecule has 0 amide bonds. The topological polar surface area (TPSA) is 0 Å². The predicted molar refractivity (Wildman–Crippen MR) is 170 cm³/mol.